The molecular formula is C16H16BrN3O. The Morgan fingerprint density at radius 2 is 2.00 bits per heavy atom. The first-order chi connectivity index (χ1) is 10.1. The van der Waals surface area contributed by atoms with Crippen LogP contribution in [0.5, 0.6) is 11.6 Å². The molecule has 0 spiro atoms. The number of rotatable bonds is 3. The molecule has 5 heteroatoms. The topological polar surface area (TPSA) is 53.1 Å². The number of ether oxygens (including phenoxy) is 1. The van der Waals surface area contributed by atoms with Crippen molar-refractivity contribution in [1.82, 2.24) is 9.78 Å². The first kappa shape index (κ1) is 14.1. The third-order valence-electron chi connectivity index (χ3n) is 3.53. The second-order valence-electron chi connectivity index (χ2n) is 4.90. The van der Waals surface area contributed by atoms with Gasteiger partial charge in [-0.2, -0.15) is 5.10 Å². The molecule has 0 atom stereocenters. The highest BCUT2D eigenvalue weighted by atomic mass is 79.9. The van der Waals surface area contributed by atoms with Crippen molar-refractivity contribution in [1.29, 1.82) is 0 Å². The number of halogens is 1. The van der Waals surface area contributed by atoms with E-state index in [1.807, 2.05) is 38.2 Å². The van der Waals surface area contributed by atoms with Gasteiger partial charge in [0.05, 0.1) is 15.7 Å². The van der Waals surface area contributed by atoms with Crippen molar-refractivity contribution in [3.63, 3.8) is 0 Å². The predicted octanol–water partition coefficient (Wildman–Crippen LogP) is 3.90. The largest absolute Gasteiger partial charge is 0.438 e. The molecule has 3 aromatic rings. The highest BCUT2D eigenvalue weighted by molar-refractivity contribution is 9.10. The van der Waals surface area contributed by atoms with E-state index < -0.39 is 0 Å². The summed E-state index contributed by atoms with van der Waals surface area (Å²) in [5.74, 6) is 1.44. The molecule has 4 nitrogen and oxygen atoms in total. The molecular weight excluding hydrogens is 330 g/mol. The SMILES string of the molecule is Cc1nn(C)c(Oc2ccc3ccccc3c2Br)c1CN. The van der Waals surface area contributed by atoms with Gasteiger partial charge in [0.1, 0.15) is 5.75 Å². The van der Waals surface area contributed by atoms with Gasteiger partial charge in [0.25, 0.3) is 0 Å². The minimum absolute atomic E-state index is 0.403. The smallest absolute Gasteiger partial charge is 0.222 e. The Balaban J connectivity index is 2.08. The maximum Gasteiger partial charge on any atom is 0.222 e. The van der Waals surface area contributed by atoms with E-state index in [4.69, 9.17) is 10.5 Å². The Hall–Kier alpha value is -1.85. The van der Waals surface area contributed by atoms with Crippen LogP contribution in [0.4, 0.5) is 0 Å². The van der Waals surface area contributed by atoms with E-state index in [0.29, 0.717) is 12.4 Å². The van der Waals surface area contributed by atoms with Crippen molar-refractivity contribution in [3.8, 4) is 11.6 Å². The molecule has 3 rings (SSSR count). The van der Waals surface area contributed by atoms with E-state index in [1.165, 1.54) is 0 Å². The number of aryl methyl sites for hydroxylation is 2. The summed E-state index contributed by atoms with van der Waals surface area (Å²) < 4.78 is 8.72. The Bertz CT molecular complexity index is 811. The second-order valence-corrected chi connectivity index (χ2v) is 5.69. The lowest BCUT2D eigenvalue weighted by Gasteiger charge is -2.11. The van der Waals surface area contributed by atoms with Crippen LogP contribution in [0.15, 0.2) is 40.9 Å². The molecule has 0 aliphatic carbocycles. The molecule has 0 radical (unpaired) electrons. The number of aromatic nitrogens is 2. The molecule has 2 N–H and O–H groups in total. The van der Waals surface area contributed by atoms with Gasteiger partial charge in [-0.05, 0) is 39.7 Å². The van der Waals surface area contributed by atoms with Gasteiger partial charge in [-0.25, -0.2) is 4.68 Å². The maximum atomic E-state index is 6.06. The summed E-state index contributed by atoms with van der Waals surface area (Å²) in [5, 5.41) is 6.64. The predicted molar refractivity (Wildman–Crippen MR) is 87.6 cm³/mol. The number of nitrogens with two attached hydrogens (primary N) is 1. The van der Waals surface area contributed by atoms with Gasteiger partial charge in [-0.15, -0.1) is 0 Å². The van der Waals surface area contributed by atoms with Crippen LogP contribution in [0, 0.1) is 6.92 Å². The lowest BCUT2D eigenvalue weighted by Crippen LogP contribution is -2.01. The molecule has 0 saturated heterocycles. The lowest BCUT2D eigenvalue weighted by atomic mass is 10.1. The maximum absolute atomic E-state index is 6.06. The normalized spacial score (nSPS) is 11.0. The zero-order valence-corrected chi connectivity index (χ0v) is 13.5. The molecule has 0 fully saturated rings. The molecule has 0 bridgehead atoms. The van der Waals surface area contributed by atoms with Crippen molar-refractivity contribution < 1.29 is 4.74 Å². The zero-order valence-electron chi connectivity index (χ0n) is 11.9. The summed E-state index contributed by atoms with van der Waals surface area (Å²) in [6, 6.07) is 12.2. The summed E-state index contributed by atoms with van der Waals surface area (Å²) in [5.41, 5.74) is 7.63. The number of hydrogen-bond donors (Lipinski definition) is 1. The highest BCUT2D eigenvalue weighted by Crippen LogP contribution is 2.36. The van der Waals surface area contributed by atoms with E-state index in [1.54, 1.807) is 4.68 Å². The fourth-order valence-electron chi connectivity index (χ4n) is 2.44. The fourth-order valence-corrected chi connectivity index (χ4v) is 3.01. The van der Waals surface area contributed by atoms with Crippen molar-refractivity contribution in [2.45, 2.75) is 13.5 Å². The average Bonchev–Trinajstić information content (AvgIpc) is 2.75. The molecule has 0 saturated carbocycles. The summed E-state index contributed by atoms with van der Waals surface area (Å²) in [4.78, 5) is 0. The third-order valence-corrected chi connectivity index (χ3v) is 4.35. The Morgan fingerprint density at radius 1 is 1.24 bits per heavy atom. The molecule has 108 valence electrons. The van der Waals surface area contributed by atoms with Gasteiger partial charge in [0.15, 0.2) is 0 Å². The molecule has 0 aliphatic heterocycles. The van der Waals surface area contributed by atoms with Gasteiger partial charge in [-0.3, -0.25) is 0 Å². The Morgan fingerprint density at radius 3 is 2.76 bits per heavy atom. The van der Waals surface area contributed by atoms with Crippen LogP contribution in [-0.2, 0) is 13.6 Å². The van der Waals surface area contributed by atoms with E-state index in [-0.39, 0.29) is 0 Å². The summed E-state index contributed by atoms with van der Waals surface area (Å²) in [6.07, 6.45) is 0. The molecule has 1 heterocycles. The standard InChI is InChI=1S/C16H16BrN3O/c1-10-13(9-18)16(20(2)19-10)21-14-8-7-11-5-3-4-6-12(11)15(14)17/h3-8H,9,18H2,1-2H3. The highest BCUT2D eigenvalue weighted by Gasteiger charge is 2.16. The van der Waals surface area contributed by atoms with Crippen LogP contribution < -0.4 is 10.5 Å². The van der Waals surface area contributed by atoms with Crippen molar-refractivity contribution in [2.24, 2.45) is 12.8 Å². The van der Waals surface area contributed by atoms with Gasteiger partial charge in [0, 0.05) is 13.6 Å². The van der Waals surface area contributed by atoms with Gasteiger partial charge >= 0.3 is 0 Å². The van der Waals surface area contributed by atoms with E-state index in [0.717, 1.165) is 32.3 Å². The minimum atomic E-state index is 0.403. The van der Waals surface area contributed by atoms with E-state index in [2.05, 4.69) is 33.2 Å². The molecule has 2 aromatic carbocycles. The number of benzene rings is 2. The molecule has 0 amide bonds. The van der Waals surface area contributed by atoms with Gasteiger partial charge in [0.2, 0.25) is 5.88 Å². The second kappa shape index (κ2) is 5.50. The zero-order chi connectivity index (χ0) is 15.0. The first-order valence-electron chi connectivity index (χ1n) is 6.69. The Kier molecular flexibility index (Phi) is 3.69. The first-order valence-corrected chi connectivity index (χ1v) is 7.48. The van der Waals surface area contributed by atoms with Crippen LogP contribution in [0.2, 0.25) is 0 Å². The van der Waals surface area contributed by atoms with E-state index in [9.17, 15) is 0 Å². The Labute approximate surface area is 131 Å². The lowest BCUT2D eigenvalue weighted by molar-refractivity contribution is 0.424. The summed E-state index contributed by atoms with van der Waals surface area (Å²) in [6.45, 7) is 2.34. The summed E-state index contributed by atoms with van der Waals surface area (Å²) in [7, 11) is 1.86. The summed E-state index contributed by atoms with van der Waals surface area (Å²) >= 11 is 3.63. The molecule has 0 aliphatic rings. The van der Waals surface area contributed by atoms with Crippen LogP contribution >= 0.6 is 15.9 Å². The molecule has 0 unspecified atom stereocenters. The van der Waals surface area contributed by atoms with Crippen molar-refractivity contribution >= 4 is 26.7 Å². The minimum Gasteiger partial charge on any atom is -0.438 e. The van der Waals surface area contributed by atoms with Crippen LogP contribution in [0.3, 0.4) is 0 Å². The van der Waals surface area contributed by atoms with E-state index >= 15 is 0 Å². The van der Waals surface area contributed by atoms with Gasteiger partial charge < -0.3 is 10.5 Å². The number of hydrogen-bond acceptors (Lipinski definition) is 3. The molecule has 1 aromatic heterocycles. The quantitative estimate of drug-likeness (QED) is 0.783. The van der Waals surface area contributed by atoms with Crippen LogP contribution in [-0.4, -0.2) is 9.78 Å². The molecule has 21 heavy (non-hydrogen) atoms. The van der Waals surface area contributed by atoms with Crippen LogP contribution in [0.25, 0.3) is 10.8 Å². The average molecular weight is 346 g/mol. The van der Waals surface area contributed by atoms with Crippen molar-refractivity contribution in [2.75, 3.05) is 0 Å². The van der Waals surface area contributed by atoms with Crippen LogP contribution in [0.1, 0.15) is 11.3 Å². The monoisotopic (exact) mass is 345 g/mol. The van der Waals surface area contributed by atoms with Gasteiger partial charge in [-0.1, -0.05) is 30.3 Å². The fraction of sp³-hybridized carbons (Fsp3) is 0.188. The third kappa shape index (κ3) is 2.43. The number of fused-ring (bicyclic) bond motifs is 1. The number of nitrogens with zero attached hydrogens (tertiary/aromatic N) is 2. The van der Waals surface area contributed by atoms with Crippen molar-refractivity contribution in [3.05, 3.63) is 52.1 Å².